The van der Waals surface area contributed by atoms with Crippen LogP contribution in [0.15, 0.2) is 17.4 Å². The minimum absolute atomic E-state index is 0.855. The van der Waals surface area contributed by atoms with Gasteiger partial charge in [0, 0.05) is 62.2 Å². The highest BCUT2D eigenvalue weighted by Gasteiger charge is 2.21. The number of aliphatic imine (C=N–C) groups is 1. The van der Waals surface area contributed by atoms with E-state index >= 15 is 0 Å². The smallest absolute Gasteiger partial charge is 0.173 e. The quantitative estimate of drug-likeness (QED) is 0.830. The zero-order valence-electron chi connectivity index (χ0n) is 15.9. The molecule has 2 aromatic rings. The third kappa shape index (κ3) is 3.56. The Morgan fingerprint density at radius 1 is 1.15 bits per heavy atom. The van der Waals surface area contributed by atoms with E-state index in [0.717, 1.165) is 63.5 Å². The first-order chi connectivity index (χ1) is 12.7. The Balaban J connectivity index is 1.45. The van der Waals surface area contributed by atoms with Gasteiger partial charge in [0.15, 0.2) is 5.82 Å². The lowest BCUT2D eigenvalue weighted by Gasteiger charge is -2.28. The lowest BCUT2D eigenvalue weighted by atomic mass is 10.0. The maximum atomic E-state index is 4.84. The molecule has 6 heteroatoms. The monoisotopic (exact) mass is 352 g/mol. The third-order valence-electron chi connectivity index (χ3n) is 5.43. The number of hydrogen-bond acceptors (Lipinski definition) is 5. The Hall–Kier alpha value is -2.08. The number of fused-ring (bicyclic) bond motifs is 1. The van der Waals surface area contributed by atoms with Gasteiger partial charge in [-0.25, -0.2) is 9.97 Å². The predicted octanol–water partition coefficient (Wildman–Crippen LogP) is 2.92. The van der Waals surface area contributed by atoms with E-state index in [-0.39, 0.29) is 0 Å². The van der Waals surface area contributed by atoms with E-state index in [4.69, 9.17) is 4.98 Å². The van der Waals surface area contributed by atoms with E-state index in [9.17, 15) is 0 Å². The van der Waals surface area contributed by atoms with Gasteiger partial charge in [-0.2, -0.15) is 5.10 Å². The van der Waals surface area contributed by atoms with Crippen molar-refractivity contribution in [1.29, 1.82) is 0 Å². The summed E-state index contributed by atoms with van der Waals surface area (Å²) in [4.78, 5) is 16.6. The van der Waals surface area contributed by atoms with Gasteiger partial charge < -0.3 is 0 Å². The molecule has 4 heterocycles. The zero-order valence-corrected chi connectivity index (χ0v) is 15.9. The molecule has 0 aliphatic carbocycles. The third-order valence-corrected chi connectivity index (χ3v) is 5.43. The molecule has 2 aliphatic heterocycles. The molecule has 0 atom stereocenters. The highest BCUT2D eigenvalue weighted by Crippen LogP contribution is 2.21. The Bertz CT molecular complexity index is 807. The minimum Gasteiger partial charge on any atom is -0.294 e. The van der Waals surface area contributed by atoms with Gasteiger partial charge in [0.25, 0.3) is 0 Å². The molecule has 0 fully saturated rings. The molecule has 4 rings (SSSR count). The summed E-state index contributed by atoms with van der Waals surface area (Å²) in [5.74, 6) is 0.855. The lowest BCUT2D eigenvalue weighted by Crippen LogP contribution is -2.31. The number of rotatable bonds is 5. The van der Waals surface area contributed by atoms with Gasteiger partial charge in [-0.05, 0) is 32.6 Å². The maximum Gasteiger partial charge on any atom is 0.173 e. The number of aromatic nitrogens is 4. The average Bonchev–Trinajstić information content (AvgIpc) is 3.02. The SMILES string of the molecule is CCCn1ncc(CN2CCc3nc(C4=NCCCC4)ncc3C2)c1C. The summed E-state index contributed by atoms with van der Waals surface area (Å²) in [6, 6.07) is 0. The summed E-state index contributed by atoms with van der Waals surface area (Å²) in [7, 11) is 0. The first-order valence-corrected chi connectivity index (χ1v) is 9.86. The van der Waals surface area contributed by atoms with Gasteiger partial charge in [0.1, 0.15) is 0 Å². The molecule has 0 N–H and O–H groups in total. The van der Waals surface area contributed by atoms with E-state index in [2.05, 4.69) is 38.5 Å². The molecule has 0 spiro atoms. The summed E-state index contributed by atoms with van der Waals surface area (Å²) in [5.41, 5.74) is 6.18. The topological polar surface area (TPSA) is 59.2 Å². The zero-order chi connectivity index (χ0) is 17.9. The molecule has 0 saturated carbocycles. The van der Waals surface area contributed by atoms with E-state index in [1.807, 2.05) is 12.4 Å². The van der Waals surface area contributed by atoms with E-state index in [1.165, 1.54) is 35.4 Å². The van der Waals surface area contributed by atoms with Crippen molar-refractivity contribution in [2.24, 2.45) is 4.99 Å². The fourth-order valence-electron chi connectivity index (χ4n) is 3.85. The van der Waals surface area contributed by atoms with Crippen molar-refractivity contribution in [3.63, 3.8) is 0 Å². The van der Waals surface area contributed by atoms with Crippen LogP contribution in [0.1, 0.15) is 60.9 Å². The molecular weight excluding hydrogens is 324 g/mol. The average molecular weight is 352 g/mol. The second-order valence-corrected chi connectivity index (χ2v) is 7.39. The molecule has 6 nitrogen and oxygen atoms in total. The van der Waals surface area contributed by atoms with Gasteiger partial charge in [-0.3, -0.25) is 14.6 Å². The molecule has 0 aromatic carbocycles. The van der Waals surface area contributed by atoms with Crippen LogP contribution >= 0.6 is 0 Å². The number of aryl methyl sites for hydroxylation is 1. The van der Waals surface area contributed by atoms with E-state index < -0.39 is 0 Å². The molecule has 0 unspecified atom stereocenters. The summed E-state index contributed by atoms with van der Waals surface area (Å²) in [6.07, 6.45) is 9.57. The van der Waals surface area contributed by atoms with Crippen molar-refractivity contribution in [3.05, 3.63) is 40.7 Å². The summed E-state index contributed by atoms with van der Waals surface area (Å²) in [6.45, 7) is 9.19. The Morgan fingerprint density at radius 2 is 2.08 bits per heavy atom. The van der Waals surface area contributed by atoms with Gasteiger partial charge in [0.2, 0.25) is 0 Å². The van der Waals surface area contributed by atoms with Crippen LogP contribution in [0.5, 0.6) is 0 Å². The highest BCUT2D eigenvalue weighted by molar-refractivity contribution is 5.97. The van der Waals surface area contributed by atoms with Crippen LogP contribution in [-0.2, 0) is 26.1 Å². The van der Waals surface area contributed by atoms with E-state index in [1.54, 1.807) is 0 Å². The van der Waals surface area contributed by atoms with Crippen LogP contribution in [0, 0.1) is 6.92 Å². The second-order valence-electron chi connectivity index (χ2n) is 7.39. The van der Waals surface area contributed by atoms with E-state index in [0.29, 0.717) is 0 Å². The molecule has 138 valence electrons. The second kappa shape index (κ2) is 7.66. The highest BCUT2D eigenvalue weighted by atomic mass is 15.3. The maximum absolute atomic E-state index is 4.84. The first kappa shape index (κ1) is 17.3. The van der Waals surface area contributed by atoms with Crippen molar-refractivity contribution < 1.29 is 0 Å². The lowest BCUT2D eigenvalue weighted by molar-refractivity contribution is 0.242. The number of hydrogen-bond donors (Lipinski definition) is 0. The van der Waals surface area contributed by atoms with Crippen molar-refractivity contribution in [3.8, 4) is 0 Å². The van der Waals surface area contributed by atoms with Crippen LogP contribution in [-0.4, -0.2) is 43.4 Å². The van der Waals surface area contributed by atoms with Crippen molar-refractivity contribution in [1.82, 2.24) is 24.6 Å². The van der Waals surface area contributed by atoms with Crippen LogP contribution in [0.4, 0.5) is 0 Å². The fraction of sp³-hybridized carbons (Fsp3) is 0.600. The molecule has 2 aromatic heterocycles. The predicted molar refractivity (Wildman–Crippen MR) is 102 cm³/mol. The van der Waals surface area contributed by atoms with Crippen molar-refractivity contribution >= 4 is 5.71 Å². The van der Waals surface area contributed by atoms with Crippen LogP contribution in [0.2, 0.25) is 0 Å². The molecule has 0 radical (unpaired) electrons. The van der Waals surface area contributed by atoms with Gasteiger partial charge >= 0.3 is 0 Å². The summed E-state index contributed by atoms with van der Waals surface area (Å²) in [5, 5.41) is 4.53. The van der Waals surface area contributed by atoms with Gasteiger partial charge in [-0.15, -0.1) is 0 Å². The summed E-state index contributed by atoms with van der Waals surface area (Å²) < 4.78 is 2.12. The van der Waals surface area contributed by atoms with Crippen LogP contribution < -0.4 is 0 Å². The largest absolute Gasteiger partial charge is 0.294 e. The normalized spacial score (nSPS) is 17.8. The molecule has 0 amide bonds. The molecule has 0 saturated heterocycles. The Kier molecular flexibility index (Phi) is 5.11. The van der Waals surface area contributed by atoms with Crippen molar-refractivity contribution in [2.75, 3.05) is 13.1 Å². The van der Waals surface area contributed by atoms with Gasteiger partial charge in [-0.1, -0.05) is 6.92 Å². The standard InChI is InChI=1S/C20H28N6/c1-3-9-26-15(2)16(12-23-26)13-25-10-7-18-17(14-25)11-22-20(24-18)19-6-4-5-8-21-19/h11-12H,3-10,13-14H2,1-2H3. The molecule has 26 heavy (non-hydrogen) atoms. The molecule has 2 aliphatic rings. The Labute approximate surface area is 155 Å². The minimum atomic E-state index is 0.855. The van der Waals surface area contributed by atoms with Gasteiger partial charge in [0.05, 0.1) is 17.6 Å². The van der Waals surface area contributed by atoms with Crippen LogP contribution in [0.25, 0.3) is 0 Å². The van der Waals surface area contributed by atoms with Crippen LogP contribution in [0.3, 0.4) is 0 Å². The molecule has 0 bridgehead atoms. The number of nitrogens with zero attached hydrogens (tertiary/aromatic N) is 6. The van der Waals surface area contributed by atoms with Crippen molar-refractivity contribution in [2.45, 2.75) is 65.6 Å². The summed E-state index contributed by atoms with van der Waals surface area (Å²) >= 11 is 0. The first-order valence-electron chi connectivity index (χ1n) is 9.86. The molecular formula is C20H28N6. The fourth-order valence-corrected chi connectivity index (χ4v) is 3.85. The Morgan fingerprint density at radius 3 is 2.88 bits per heavy atom.